The van der Waals surface area contributed by atoms with Crippen molar-refractivity contribution in [2.45, 2.75) is 53.1 Å². The van der Waals surface area contributed by atoms with Crippen LogP contribution in [0.1, 0.15) is 45.8 Å². The first-order valence-electron chi connectivity index (χ1n) is 9.37. The number of hydrogen-bond acceptors (Lipinski definition) is 5. The summed E-state index contributed by atoms with van der Waals surface area (Å²) in [6.45, 7) is 12.5. The molecule has 0 saturated carbocycles. The molecule has 0 fully saturated rings. The maximum atomic E-state index is 12.2. The number of aryl methyl sites for hydroxylation is 1. The molecule has 0 atom stereocenters. The van der Waals surface area contributed by atoms with E-state index in [0.29, 0.717) is 32.3 Å². The van der Waals surface area contributed by atoms with Gasteiger partial charge in [0, 0.05) is 39.4 Å². The van der Waals surface area contributed by atoms with Crippen molar-refractivity contribution < 1.29 is 9.53 Å². The molecular formula is C18H35N7O2. The summed E-state index contributed by atoms with van der Waals surface area (Å²) in [4.78, 5) is 18.7. The van der Waals surface area contributed by atoms with Crippen molar-refractivity contribution in [3.8, 4) is 0 Å². The Kier molecular flexibility index (Phi) is 9.20. The molecule has 2 N–H and O–H groups in total. The lowest BCUT2D eigenvalue weighted by Crippen LogP contribution is -2.49. The molecule has 27 heavy (non-hydrogen) atoms. The van der Waals surface area contributed by atoms with E-state index in [1.807, 2.05) is 58.2 Å². The summed E-state index contributed by atoms with van der Waals surface area (Å²) in [5, 5.41) is 14.5. The molecule has 0 radical (unpaired) electrons. The van der Waals surface area contributed by atoms with Crippen LogP contribution in [-0.4, -0.2) is 70.4 Å². The fourth-order valence-electron chi connectivity index (χ4n) is 2.31. The number of aromatic nitrogens is 3. The lowest BCUT2D eigenvalue weighted by atomic mass is 10.1. The largest absolute Gasteiger partial charge is 0.382 e. The molecule has 1 amide bonds. The second-order valence-corrected chi connectivity index (χ2v) is 7.49. The van der Waals surface area contributed by atoms with Crippen molar-refractivity contribution in [2.75, 3.05) is 33.4 Å². The molecule has 9 nitrogen and oxygen atoms in total. The minimum Gasteiger partial charge on any atom is -0.382 e. The number of ether oxygens (including phenoxy) is 1. The number of likely N-dealkylation sites (N-methyl/N-ethyl adjacent to an activating group) is 1. The Morgan fingerprint density at radius 2 is 2.04 bits per heavy atom. The van der Waals surface area contributed by atoms with Gasteiger partial charge < -0.3 is 24.8 Å². The Labute approximate surface area is 162 Å². The van der Waals surface area contributed by atoms with Crippen LogP contribution in [0.4, 0.5) is 0 Å². The minimum absolute atomic E-state index is 0.0525. The monoisotopic (exact) mass is 381 g/mol. The summed E-state index contributed by atoms with van der Waals surface area (Å²) in [6.07, 6.45) is 0.859. The van der Waals surface area contributed by atoms with Crippen molar-refractivity contribution in [3.63, 3.8) is 0 Å². The predicted molar refractivity (Wildman–Crippen MR) is 107 cm³/mol. The number of amides is 1. The highest BCUT2D eigenvalue weighted by molar-refractivity contribution is 5.86. The quantitative estimate of drug-likeness (QED) is 0.374. The van der Waals surface area contributed by atoms with E-state index < -0.39 is 0 Å². The molecule has 1 rings (SSSR count). The zero-order chi connectivity index (χ0) is 20.4. The molecule has 1 aromatic heterocycles. The molecule has 1 heterocycles. The summed E-state index contributed by atoms with van der Waals surface area (Å²) in [5.74, 6) is 2.21. The van der Waals surface area contributed by atoms with E-state index in [-0.39, 0.29) is 18.0 Å². The second-order valence-electron chi connectivity index (χ2n) is 7.49. The summed E-state index contributed by atoms with van der Waals surface area (Å²) in [5.41, 5.74) is -0.268. The van der Waals surface area contributed by atoms with Crippen LogP contribution in [0.3, 0.4) is 0 Å². The molecule has 0 saturated heterocycles. The van der Waals surface area contributed by atoms with Crippen molar-refractivity contribution in [1.82, 2.24) is 30.3 Å². The van der Waals surface area contributed by atoms with Crippen molar-refractivity contribution in [2.24, 2.45) is 12.0 Å². The number of aliphatic imine (C=N–C) groups is 1. The molecule has 0 aliphatic rings. The summed E-state index contributed by atoms with van der Waals surface area (Å²) >= 11 is 0. The first kappa shape index (κ1) is 22.9. The Hall–Kier alpha value is -2.16. The zero-order valence-electron chi connectivity index (χ0n) is 17.8. The van der Waals surface area contributed by atoms with Gasteiger partial charge in [0.25, 0.3) is 0 Å². The van der Waals surface area contributed by atoms with Crippen LogP contribution in [0.5, 0.6) is 0 Å². The number of hydrogen-bond donors (Lipinski definition) is 2. The van der Waals surface area contributed by atoms with E-state index in [4.69, 9.17) is 4.74 Å². The molecule has 0 bridgehead atoms. The number of rotatable bonds is 9. The van der Waals surface area contributed by atoms with Gasteiger partial charge in [0.05, 0.1) is 6.54 Å². The third kappa shape index (κ3) is 8.85. The van der Waals surface area contributed by atoms with Gasteiger partial charge in [0.15, 0.2) is 11.8 Å². The van der Waals surface area contributed by atoms with E-state index in [1.165, 1.54) is 0 Å². The van der Waals surface area contributed by atoms with Crippen LogP contribution >= 0.6 is 0 Å². The van der Waals surface area contributed by atoms with E-state index in [1.54, 1.807) is 0 Å². The van der Waals surface area contributed by atoms with E-state index in [2.05, 4.69) is 25.8 Å². The van der Waals surface area contributed by atoms with Crippen molar-refractivity contribution in [3.05, 3.63) is 11.6 Å². The van der Waals surface area contributed by atoms with Gasteiger partial charge in [0.1, 0.15) is 12.4 Å². The van der Waals surface area contributed by atoms with E-state index >= 15 is 0 Å². The van der Waals surface area contributed by atoms with E-state index in [0.717, 1.165) is 18.1 Å². The Morgan fingerprint density at radius 1 is 1.33 bits per heavy atom. The van der Waals surface area contributed by atoms with Gasteiger partial charge in [-0.25, -0.2) is 4.99 Å². The van der Waals surface area contributed by atoms with Crippen LogP contribution < -0.4 is 10.6 Å². The minimum atomic E-state index is -0.268. The van der Waals surface area contributed by atoms with Crippen LogP contribution in [-0.2, 0) is 23.1 Å². The SMILES string of the molecule is CCOCCCNC(=NCc1nnc(C)n1C)N(C)CC(=O)NC(C)(C)C. The fourth-order valence-corrected chi connectivity index (χ4v) is 2.31. The number of carbonyl (C=O) groups is 1. The van der Waals surface area contributed by atoms with Crippen molar-refractivity contribution in [1.29, 1.82) is 0 Å². The summed E-state index contributed by atoms with van der Waals surface area (Å²) < 4.78 is 7.27. The normalized spacial score (nSPS) is 12.2. The first-order valence-corrected chi connectivity index (χ1v) is 9.37. The average molecular weight is 382 g/mol. The van der Waals surface area contributed by atoms with Gasteiger partial charge in [-0.05, 0) is 41.0 Å². The van der Waals surface area contributed by atoms with Crippen LogP contribution in [0.2, 0.25) is 0 Å². The predicted octanol–water partition coefficient (Wildman–Crippen LogP) is 0.842. The number of nitrogens with one attached hydrogen (secondary N) is 2. The van der Waals surface area contributed by atoms with Crippen LogP contribution in [0, 0.1) is 6.92 Å². The Balaban J connectivity index is 2.74. The van der Waals surface area contributed by atoms with Gasteiger partial charge in [-0.3, -0.25) is 4.79 Å². The van der Waals surface area contributed by atoms with Crippen LogP contribution in [0.25, 0.3) is 0 Å². The average Bonchev–Trinajstić information content (AvgIpc) is 2.87. The maximum Gasteiger partial charge on any atom is 0.240 e. The van der Waals surface area contributed by atoms with Crippen LogP contribution in [0.15, 0.2) is 4.99 Å². The lowest BCUT2D eigenvalue weighted by molar-refractivity contribution is -0.122. The van der Waals surface area contributed by atoms with Gasteiger partial charge in [-0.15, -0.1) is 10.2 Å². The molecular weight excluding hydrogens is 346 g/mol. The lowest BCUT2D eigenvalue weighted by Gasteiger charge is -2.25. The summed E-state index contributed by atoms with van der Waals surface area (Å²) in [7, 11) is 3.76. The standard InChI is InChI=1S/C18H35N7O2/c1-8-27-11-9-10-19-17(20-12-15-23-22-14(2)25(15)7)24(6)13-16(26)21-18(3,4)5/h8-13H2,1-7H3,(H,19,20)(H,21,26). The number of carbonyl (C=O) groups excluding carboxylic acids is 1. The first-order chi connectivity index (χ1) is 12.6. The summed E-state index contributed by atoms with van der Waals surface area (Å²) in [6, 6.07) is 0. The topological polar surface area (TPSA) is 96.7 Å². The molecule has 0 unspecified atom stereocenters. The van der Waals surface area contributed by atoms with E-state index in [9.17, 15) is 4.79 Å². The highest BCUT2D eigenvalue weighted by Crippen LogP contribution is 2.01. The highest BCUT2D eigenvalue weighted by atomic mass is 16.5. The molecule has 0 aliphatic heterocycles. The third-order valence-electron chi connectivity index (χ3n) is 3.76. The second kappa shape index (κ2) is 10.9. The van der Waals surface area contributed by atoms with Crippen molar-refractivity contribution >= 4 is 11.9 Å². The molecule has 154 valence electrons. The molecule has 9 heteroatoms. The molecule has 1 aromatic rings. The highest BCUT2D eigenvalue weighted by Gasteiger charge is 2.17. The Morgan fingerprint density at radius 3 is 2.59 bits per heavy atom. The third-order valence-corrected chi connectivity index (χ3v) is 3.76. The van der Waals surface area contributed by atoms with Gasteiger partial charge in [0.2, 0.25) is 5.91 Å². The molecule has 0 aliphatic carbocycles. The molecule has 0 spiro atoms. The van der Waals surface area contributed by atoms with Gasteiger partial charge in [-0.1, -0.05) is 0 Å². The van der Waals surface area contributed by atoms with Gasteiger partial charge >= 0.3 is 0 Å². The Bertz CT molecular complexity index is 620. The number of nitrogens with zero attached hydrogens (tertiary/aromatic N) is 5. The number of guanidine groups is 1. The zero-order valence-corrected chi connectivity index (χ0v) is 17.8. The smallest absolute Gasteiger partial charge is 0.240 e. The van der Waals surface area contributed by atoms with Gasteiger partial charge in [-0.2, -0.15) is 0 Å². The maximum absolute atomic E-state index is 12.2. The molecule has 0 aromatic carbocycles. The fraction of sp³-hybridized carbons (Fsp3) is 0.778.